The summed E-state index contributed by atoms with van der Waals surface area (Å²) in [4.78, 5) is 25.5. The van der Waals surface area contributed by atoms with Gasteiger partial charge in [0, 0.05) is 28.1 Å². The molecule has 0 aliphatic carbocycles. The summed E-state index contributed by atoms with van der Waals surface area (Å²) < 4.78 is 12.1. The van der Waals surface area contributed by atoms with Crippen molar-refractivity contribution >= 4 is 51.6 Å². The van der Waals surface area contributed by atoms with Crippen LogP contribution in [0.1, 0.15) is 10.4 Å². The number of benzene rings is 2. The number of nitrogens with zero attached hydrogens (tertiary/aromatic N) is 3. The number of methoxy groups -OCH3 is 2. The molecule has 0 fully saturated rings. The largest absolute Gasteiger partial charge is 0.497 e. The highest BCUT2D eigenvalue weighted by molar-refractivity contribution is 7.99. The minimum absolute atomic E-state index is 0.0618. The minimum Gasteiger partial charge on any atom is -0.497 e. The van der Waals surface area contributed by atoms with Gasteiger partial charge in [0.05, 0.1) is 20.0 Å². The zero-order valence-electron chi connectivity index (χ0n) is 20.1. The first kappa shape index (κ1) is 26.5. The molecule has 4 rings (SSSR count). The number of aromatic nitrogens is 3. The van der Waals surface area contributed by atoms with E-state index in [1.807, 2.05) is 34.2 Å². The Morgan fingerprint density at radius 2 is 1.81 bits per heavy atom. The lowest BCUT2D eigenvalue weighted by Gasteiger charge is -2.09. The molecular formula is C26H23ClN4O4S2. The van der Waals surface area contributed by atoms with Crippen molar-refractivity contribution in [3.05, 3.63) is 77.2 Å². The van der Waals surface area contributed by atoms with Gasteiger partial charge in [0.1, 0.15) is 16.3 Å². The van der Waals surface area contributed by atoms with E-state index < -0.39 is 5.97 Å². The van der Waals surface area contributed by atoms with Gasteiger partial charge in [0.2, 0.25) is 5.91 Å². The van der Waals surface area contributed by atoms with Gasteiger partial charge in [-0.1, -0.05) is 41.6 Å². The molecule has 0 bridgehead atoms. The monoisotopic (exact) mass is 554 g/mol. The molecule has 0 saturated carbocycles. The number of ether oxygens (including phenoxy) is 2. The zero-order valence-corrected chi connectivity index (χ0v) is 22.5. The molecule has 4 aromatic rings. The molecule has 2 aromatic carbocycles. The van der Waals surface area contributed by atoms with Gasteiger partial charge in [0.25, 0.3) is 0 Å². The van der Waals surface area contributed by atoms with Crippen molar-refractivity contribution in [1.29, 1.82) is 0 Å². The number of hydrogen-bond donors (Lipinski definition) is 1. The fourth-order valence-corrected chi connectivity index (χ4v) is 5.38. The normalized spacial score (nSPS) is 10.7. The summed E-state index contributed by atoms with van der Waals surface area (Å²) in [5.41, 5.74) is 2.62. The molecule has 8 nitrogen and oxygen atoms in total. The topological polar surface area (TPSA) is 95.3 Å². The van der Waals surface area contributed by atoms with E-state index in [0.29, 0.717) is 44.4 Å². The van der Waals surface area contributed by atoms with Crippen molar-refractivity contribution in [2.45, 2.75) is 11.7 Å². The third-order valence-corrected chi connectivity index (χ3v) is 7.41. The second kappa shape index (κ2) is 12.1. The molecular weight excluding hydrogens is 532 g/mol. The number of thioether (sulfide) groups is 1. The van der Waals surface area contributed by atoms with Gasteiger partial charge < -0.3 is 14.8 Å². The molecule has 0 saturated heterocycles. The molecule has 0 unspecified atom stereocenters. The van der Waals surface area contributed by atoms with E-state index in [1.54, 1.807) is 37.5 Å². The summed E-state index contributed by atoms with van der Waals surface area (Å²) in [6.07, 6.45) is 1.74. The van der Waals surface area contributed by atoms with Gasteiger partial charge in [-0.25, -0.2) is 4.79 Å². The van der Waals surface area contributed by atoms with Crippen LogP contribution in [-0.4, -0.2) is 46.6 Å². The molecule has 37 heavy (non-hydrogen) atoms. The number of carbonyl (C=O) groups excluding carboxylic acids is 2. The Hall–Kier alpha value is -3.60. The summed E-state index contributed by atoms with van der Waals surface area (Å²) in [5, 5.41) is 14.8. The number of rotatable bonds is 10. The summed E-state index contributed by atoms with van der Waals surface area (Å²) in [5.74, 6) is 0.585. The smallest absolute Gasteiger partial charge is 0.341 e. The molecule has 0 radical (unpaired) electrons. The van der Waals surface area contributed by atoms with Crippen molar-refractivity contribution in [3.8, 4) is 28.3 Å². The quantitative estimate of drug-likeness (QED) is 0.145. The number of anilines is 1. The average molecular weight is 555 g/mol. The molecule has 1 N–H and O–H groups in total. The molecule has 0 spiro atoms. The summed E-state index contributed by atoms with van der Waals surface area (Å²) in [6.45, 7) is 4.28. The van der Waals surface area contributed by atoms with Crippen LogP contribution in [0.4, 0.5) is 5.00 Å². The summed E-state index contributed by atoms with van der Waals surface area (Å²) >= 11 is 8.50. The van der Waals surface area contributed by atoms with Gasteiger partial charge in [-0.2, -0.15) is 0 Å². The standard InChI is InChI=1S/C26H23ClN4O4S2/c1-4-13-31-23(17-5-9-18(27)10-6-17)29-30-26(31)37-15-21(32)28-24-22(25(33)35-3)20(14-36-24)16-7-11-19(34-2)12-8-16/h4-12,14H,1,13,15H2,2-3H3,(H,28,32). The van der Waals surface area contributed by atoms with E-state index in [2.05, 4.69) is 22.1 Å². The number of amides is 1. The maximum atomic E-state index is 12.9. The minimum atomic E-state index is -0.534. The van der Waals surface area contributed by atoms with E-state index in [-0.39, 0.29) is 11.7 Å². The van der Waals surface area contributed by atoms with Crippen molar-refractivity contribution in [2.24, 2.45) is 0 Å². The van der Waals surface area contributed by atoms with Crippen LogP contribution in [0.2, 0.25) is 5.02 Å². The van der Waals surface area contributed by atoms with Gasteiger partial charge in [0.15, 0.2) is 11.0 Å². The van der Waals surface area contributed by atoms with Gasteiger partial charge in [-0.05, 0) is 42.0 Å². The number of halogens is 1. The number of carbonyl (C=O) groups is 2. The first-order valence-electron chi connectivity index (χ1n) is 11.0. The van der Waals surface area contributed by atoms with E-state index in [0.717, 1.165) is 11.1 Å². The molecule has 2 heterocycles. The van der Waals surface area contributed by atoms with E-state index in [4.69, 9.17) is 21.1 Å². The second-order valence-electron chi connectivity index (χ2n) is 7.62. The third-order valence-electron chi connectivity index (χ3n) is 5.30. The Kier molecular flexibility index (Phi) is 8.65. The fourth-order valence-electron chi connectivity index (χ4n) is 3.53. The predicted octanol–water partition coefficient (Wildman–Crippen LogP) is 6.04. The average Bonchev–Trinajstić information content (AvgIpc) is 3.52. The van der Waals surface area contributed by atoms with Gasteiger partial charge in [-0.3, -0.25) is 9.36 Å². The Labute approximate surface area is 227 Å². The van der Waals surface area contributed by atoms with E-state index >= 15 is 0 Å². The summed E-state index contributed by atoms with van der Waals surface area (Å²) in [7, 11) is 2.90. The zero-order chi connectivity index (χ0) is 26.4. The molecule has 0 atom stereocenters. The van der Waals surface area contributed by atoms with Crippen molar-refractivity contribution in [3.63, 3.8) is 0 Å². The van der Waals surface area contributed by atoms with Gasteiger partial charge >= 0.3 is 5.97 Å². The Balaban J connectivity index is 1.51. The lowest BCUT2D eigenvalue weighted by molar-refractivity contribution is -0.113. The van der Waals surface area contributed by atoms with Crippen LogP contribution in [0.3, 0.4) is 0 Å². The number of nitrogens with one attached hydrogen (secondary N) is 1. The number of allylic oxidation sites excluding steroid dienone is 1. The summed E-state index contributed by atoms with van der Waals surface area (Å²) in [6, 6.07) is 14.6. The Morgan fingerprint density at radius 3 is 2.46 bits per heavy atom. The van der Waals surface area contributed by atoms with Gasteiger partial charge in [-0.15, -0.1) is 28.1 Å². The maximum absolute atomic E-state index is 12.9. The molecule has 190 valence electrons. The van der Waals surface area contributed by atoms with E-state index in [9.17, 15) is 9.59 Å². The predicted molar refractivity (Wildman–Crippen MR) is 148 cm³/mol. The van der Waals surface area contributed by atoms with Crippen LogP contribution in [-0.2, 0) is 16.1 Å². The molecule has 11 heteroatoms. The van der Waals surface area contributed by atoms with Crippen molar-refractivity contribution in [1.82, 2.24) is 14.8 Å². The number of esters is 1. The highest BCUT2D eigenvalue weighted by atomic mass is 35.5. The Morgan fingerprint density at radius 1 is 1.11 bits per heavy atom. The second-order valence-corrected chi connectivity index (χ2v) is 9.88. The van der Waals surface area contributed by atoms with Crippen LogP contribution in [0.25, 0.3) is 22.5 Å². The SMILES string of the molecule is C=CCn1c(SCC(=O)Nc2scc(-c3ccc(OC)cc3)c2C(=O)OC)nnc1-c1ccc(Cl)cc1. The van der Waals surface area contributed by atoms with Crippen LogP contribution in [0.15, 0.2) is 71.7 Å². The Bertz CT molecular complexity index is 1420. The molecule has 2 aromatic heterocycles. The van der Waals surface area contributed by atoms with Crippen LogP contribution in [0, 0.1) is 0 Å². The maximum Gasteiger partial charge on any atom is 0.341 e. The number of hydrogen-bond acceptors (Lipinski definition) is 8. The fraction of sp³-hybridized carbons (Fsp3) is 0.154. The molecule has 0 aliphatic heterocycles. The number of thiophene rings is 1. The van der Waals surface area contributed by atoms with Crippen LogP contribution < -0.4 is 10.1 Å². The third kappa shape index (κ3) is 6.04. The molecule has 0 aliphatic rings. The van der Waals surface area contributed by atoms with E-state index in [1.165, 1.54) is 30.2 Å². The highest BCUT2D eigenvalue weighted by Crippen LogP contribution is 2.37. The van der Waals surface area contributed by atoms with Crippen LogP contribution in [0.5, 0.6) is 5.75 Å². The first-order chi connectivity index (χ1) is 17.9. The van der Waals surface area contributed by atoms with Crippen LogP contribution >= 0.6 is 34.7 Å². The lowest BCUT2D eigenvalue weighted by atomic mass is 10.0. The molecule has 1 amide bonds. The first-order valence-corrected chi connectivity index (χ1v) is 13.3. The lowest BCUT2D eigenvalue weighted by Crippen LogP contribution is -2.16. The van der Waals surface area contributed by atoms with Crippen molar-refractivity contribution < 1.29 is 19.1 Å². The highest BCUT2D eigenvalue weighted by Gasteiger charge is 2.23. The van der Waals surface area contributed by atoms with Crippen molar-refractivity contribution in [2.75, 3.05) is 25.3 Å².